The molecule has 0 aliphatic carbocycles. The fraction of sp³-hybridized carbons (Fsp3) is 0.263. The number of anilines is 1. The molecule has 0 aliphatic rings. The van der Waals surface area contributed by atoms with Crippen LogP contribution in [0, 0.1) is 0 Å². The van der Waals surface area contributed by atoms with Crippen molar-refractivity contribution in [2.75, 3.05) is 11.9 Å². The highest BCUT2D eigenvalue weighted by molar-refractivity contribution is 6.30. The van der Waals surface area contributed by atoms with Crippen molar-refractivity contribution in [3.63, 3.8) is 0 Å². The highest BCUT2D eigenvalue weighted by Crippen LogP contribution is 2.30. The summed E-state index contributed by atoms with van der Waals surface area (Å²) < 4.78 is 3.57. The average molecular weight is 357 g/mol. The van der Waals surface area contributed by atoms with E-state index < -0.39 is 0 Å². The predicted molar refractivity (Wildman–Crippen MR) is 103 cm³/mol. The number of halogens is 1. The van der Waals surface area contributed by atoms with Crippen molar-refractivity contribution in [3.8, 4) is 16.9 Å². The van der Waals surface area contributed by atoms with Crippen LogP contribution in [0.4, 0.5) is 5.82 Å². The number of hydrogen-bond donors (Lipinski definition) is 1. The van der Waals surface area contributed by atoms with Gasteiger partial charge in [0.2, 0.25) is 0 Å². The van der Waals surface area contributed by atoms with Crippen LogP contribution in [0.5, 0.6) is 0 Å². The van der Waals surface area contributed by atoms with Gasteiger partial charge in [0.1, 0.15) is 5.82 Å². The number of hydrogen-bond acceptors (Lipinski definition) is 3. The van der Waals surface area contributed by atoms with Crippen LogP contribution in [0.3, 0.4) is 0 Å². The first kappa shape index (κ1) is 17.3. The minimum absolute atomic E-state index is 0.0279. The lowest BCUT2D eigenvalue weighted by atomic mass is 10.1. The topological polar surface area (TPSA) is 51.9 Å². The summed E-state index contributed by atoms with van der Waals surface area (Å²) in [7, 11) is 0. The molecule has 25 heavy (non-hydrogen) atoms. The van der Waals surface area contributed by atoms with Crippen LogP contribution in [-0.2, 0) is 0 Å². The van der Waals surface area contributed by atoms with E-state index in [-0.39, 0.29) is 11.6 Å². The maximum Gasteiger partial charge on any atom is 0.277 e. The van der Waals surface area contributed by atoms with Crippen molar-refractivity contribution < 1.29 is 0 Å². The zero-order chi connectivity index (χ0) is 18.0. The molecule has 0 radical (unpaired) electrons. The van der Waals surface area contributed by atoms with Gasteiger partial charge in [-0.25, -0.2) is 14.3 Å². The largest absolute Gasteiger partial charge is 0.370 e. The number of nitrogens with zero attached hydrogens (tertiary/aromatic N) is 3. The second-order valence-corrected chi connectivity index (χ2v) is 6.44. The molecular formula is C19H21ClN4O. The summed E-state index contributed by atoms with van der Waals surface area (Å²) in [5.74, 6) is 1.42. The molecule has 0 spiro atoms. The van der Waals surface area contributed by atoms with E-state index in [0.29, 0.717) is 22.9 Å². The average Bonchev–Trinajstić information content (AvgIpc) is 2.88. The zero-order valence-electron chi connectivity index (χ0n) is 14.5. The van der Waals surface area contributed by atoms with E-state index in [2.05, 4.69) is 10.3 Å². The molecule has 0 unspecified atom stereocenters. The Hall–Kier alpha value is -2.53. The number of pyridine rings is 1. The molecule has 3 rings (SSSR count). The maximum absolute atomic E-state index is 13.2. The molecule has 2 heterocycles. The van der Waals surface area contributed by atoms with Gasteiger partial charge in [0.05, 0.1) is 5.56 Å². The molecule has 6 heteroatoms. The molecule has 0 fully saturated rings. The Morgan fingerprint density at radius 2 is 2.00 bits per heavy atom. The predicted octanol–water partition coefficient (Wildman–Crippen LogP) is 4.37. The third-order valence-electron chi connectivity index (χ3n) is 3.90. The van der Waals surface area contributed by atoms with Gasteiger partial charge in [-0.15, -0.1) is 0 Å². The summed E-state index contributed by atoms with van der Waals surface area (Å²) in [6.07, 6.45) is 1.72. The number of aromatic nitrogens is 3. The minimum Gasteiger partial charge on any atom is -0.370 e. The van der Waals surface area contributed by atoms with Crippen LogP contribution >= 0.6 is 11.6 Å². The van der Waals surface area contributed by atoms with Crippen molar-refractivity contribution >= 4 is 17.4 Å². The molecule has 0 bridgehead atoms. The number of rotatable bonds is 5. The smallest absolute Gasteiger partial charge is 0.277 e. The van der Waals surface area contributed by atoms with Gasteiger partial charge in [-0.05, 0) is 50.6 Å². The lowest BCUT2D eigenvalue weighted by Crippen LogP contribution is -2.25. The second-order valence-electron chi connectivity index (χ2n) is 6.01. The zero-order valence-corrected chi connectivity index (χ0v) is 15.3. The van der Waals surface area contributed by atoms with Crippen LogP contribution in [0.2, 0.25) is 5.02 Å². The summed E-state index contributed by atoms with van der Waals surface area (Å²) in [4.78, 5) is 17.7. The van der Waals surface area contributed by atoms with Crippen LogP contribution in [0.25, 0.3) is 16.9 Å². The summed E-state index contributed by atoms with van der Waals surface area (Å²) in [6, 6.07) is 13.0. The van der Waals surface area contributed by atoms with Gasteiger partial charge < -0.3 is 5.32 Å². The Bertz CT molecular complexity index is 928. The molecule has 1 N–H and O–H groups in total. The van der Waals surface area contributed by atoms with Crippen molar-refractivity contribution in [3.05, 3.63) is 64.0 Å². The Morgan fingerprint density at radius 3 is 2.60 bits per heavy atom. The quantitative estimate of drug-likeness (QED) is 0.738. The van der Waals surface area contributed by atoms with Gasteiger partial charge in [0, 0.05) is 23.8 Å². The monoisotopic (exact) mass is 356 g/mol. The van der Waals surface area contributed by atoms with E-state index in [1.54, 1.807) is 16.9 Å². The normalized spacial score (nSPS) is 11.1. The molecule has 0 atom stereocenters. The Balaban J connectivity index is 2.38. The second kappa shape index (κ2) is 7.15. The highest BCUT2D eigenvalue weighted by atomic mass is 35.5. The van der Waals surface area contributed by atoms with E-state index in [1.807, 2.05) is 61.9 Å². The molecule has 5 nitrogen and oxygen atoms in total. The van der Waals surface area contributed by atoms with Crippen LogP contribution < -0.4 is 10.9 Å². The molecule has 0 saturated heterocycles. The number of benzene rings is 1. The SMILES string of the molecule is CCNc1c(-c2cccc(Cl)c2)c(=O)n(C(C)C)n1-c1ccccn1. The summed E-state index contributed by atoms with van der Waals surface area (Å²) in [5.41, 5.74) is 1.32. The maximum atomic E-state index is 13.2. The molecule has 0 aliphatic heterocycles. The molecule has 2 aromatic heterocycles. The lowest BCUT2D eigenvalue weighted by molar-refractivity contribution is 0.468. The van der Waals surface area contributed by atoms with Crippen molar-refractivity contribution in [2.24, 2.45) is 0 Å². The van der Waals surface area contributed by atoms with Gasteiger partial charge in [0.25, 0.3) is 5.56 Å². The Morgan fingerprint density at radius 1 is 1.20 bits per heavy atom. The third-order valence-corrected chi connectivity index (χ3v) is 4.13. The molecular weight excluding hydrogens is 336 g/mol. The Labute approximate surface area is 151 Å². The summed E-state index contributed by atoms with van der Waals surface area (Å²) in [5, 5.41) is 3.93. The highest BCUT2D eigenvalue weighted by Gasteiger charge is 2.24. The van der Waals surface area contributed by atoms with Gasteiger partial charge in [-0.1, -0.05) is 29.8 Å². The first-order chi connectivity index (χ1) is 12.0. The van der Waals surface area contributed by atoms with Crippen molar-refractivity contribution in [1.29, 1.82) is 0 Å². The fourth-order valence-electron chi connectivity index (χ4n) is 2.92. The third kappa shape index (κ3) is 3.20. The van der Waals surface area contributed by atoms with E-state index in [0.717, 1.165) is 11.4 Å². The molecule has 3 aromatic rings. The van der Waals surface area contributed by atoms with Gasteiger partial charge in [-0.3, -0.25) is 4.79 Å². The first-order valence-electron chi connectivity index (χ1n) is 8.33. The van der Waals surface area contributed by atoms with E-state index in [1.165, 1.54) is 0 Å². The van der Waals surface area contributed by atoms with Crippen LogP contribution in [0.1, 0.15) is 26.8 Å². The van der Waals surface area contributed by atoms with E-state index in [4.69, 9.17) is 11.6 Å². The molecule has 130 valence electrons. The molecule has 0 saturated carbocycles. The standard InChI is InChI=1S/C19H21ClN4O/c1-4-21-18-17(14-8-7-9-15(20)12-14)19(25)23(13(2)3)24(18)16-10-5-6-11-22-16/h5-13,21H,4H2,1-3H3. The molecule has 1 aromatic carbocycles. The van der Waals surface area contributed by atoms with E-state index in [9.17, 15) is 4.79 Å². The van der Waals surface area contributed by atoms with Crippen molar-refractivity contribution in [1.82, 2.24) is 14.3 Å². The fourth-order valence-corrected chi connectivity index (χ4v) is 3.11. The van der Waals surface area contributed by atoms with Crippen LogP contribution in [-0.4, -0.2) is 20.9 Å². The first-order valence-corrected chi connectivity index (χ1v) is 8.71. The van der Waals surface area contributed by atoms with E-state index >= 15 is 0 Å². The number of nitrogens with one attached hydrogen (secondary N) is 1. The molecule has 0 amide bonds. The van der Waals surface area contributed by atoms with Crippen LogP contribution in [0.15, 0.2) is 53.5 Å². The van der Waals surface area contributed by atoms with Gasteiger partial charge >= 0.3 is 0 Å². The summed E-state index contributed by atoms with van der Waals surface area (Å²) in [6.45, 7) is 6.65. The lowest BCUT2D eigenvalue weighted by Gasteiger charge is -2.17. The summed E-state index contributed by atoms with van der Waals surface area (Å²) >= 11 is 6.15. The van der Waals surface area contributed by atoms with Gasteiger partial charge in [-0.2, -0.15) is 0 Å². The van der Waals surface area contributed by atoms with Crippen molar-refractivity contribution in [2.45, 2.75) is 26.8 Å². The Kier molecular flexibility index (Phi) is 4.95. The van der Waals surface area contributed by atoms with Gasteiger partial charge in [0.15, 0.2) is 5.82 Å². The minimum atomic E-state index is -0.0705.